The fourth-order valence-electron chi connectivity index (χ4n) is 1.99. The highest BCUT2D eigenvalue weighted by atomic mass is 16.4. The van der Waals surface area contributed by atoms with Gasteiger partial charge in [-0.15, -0.1) is 0 Å². The van der Waals surface area contributed by atoms with E-state index in [9.17, 15) is 9.59 Å². The second-order valence-electron chi connectivity index (χ2n) is 3.77. The molecule has 1 aliphatic heterocycles. The Morgan fingerprint density at radius 3 is 2.88 bits per heavy atom. The zero-order valence-electron chi connectivity index (χ0n) is 9.17. The van der Waals surface area contributed by atoms with Crippen LogP contribution in [0.1, 0.15) is 5.56 Å². The van der Waals surface area contributed by atoms with Gasteiger partial charge in [-0.3, -0.25) is 4.79 Å². The number of carbonyl (C=O) groups excluding carboxylic acids is 1. The van der Waals surface area contributed by atoms with Crippen molar-refractivity contribution in [1.82, 2.24) is 0 Å². The van der Waals surface area contributed by atoms with Gasteiger partial charge >= 0.3 is 5.97 Å². The lowest BCUT2D eigenvalue weighted by atomic mass is 10.1. The first-order valence-electron chi connectivity index (χ1n) is 5.27. The second kappa shape index (κ2) is 4.74. The van der Waals surface area contributed by atoms with Crippen LogP contribution in [0, 0.1) is 0 Å². The number of nitrogens with zero attached hydrogens (tertiary/aromatic N) is 1. The van der Waals surface area contributed by atoms with Gasteiger partial charge in [-0.05, 0) is 6.08 Å². The minimum absolute atomic E-state index is 0.0878. The van der Waals surface area contributed by atoms with Gasteiger partial charge < -0.3 is 5.11 Å². The van der Waals surface area contributed by atoms with Crippen molar-refractivity contribution in [2.24, 2.45) is 0 Å². The summed E-state index contributed by atoms with van der Waals surface area (Å²) in [6.45, 7) is -0.0878. The Morgan fingerprint density at radius 2 is 2.18 bits per heavy atom. The van der Waals surface area contributed by atoms with Crippen LogP contribution in [0.5, 0.6) is 0 Å². The molecule has 1 aromatic rings. The van der Waals surface area contributed by atoms with Gasteiger partial charge in [0.1, 0.15) is 6.29 Å². The van der Waals surface area contributed by atoms with E-state index in [1.165, 1.54) is 6.08 Å². The van der Waals surface area contributed by atoms with Gasteiger partial charge in [-0.2, -0.15) is 4.58 Å². The lowest BCUT2D eigenvalue weighted by Crippen LogP contribution is -2.19. The first kappa shape index (κ1) is 11.3. The van der Waals surface area contributed by atoms with Crippen LogP contribution >= 0.6 is 0 Å². The number of hydrogen-bond acceptors (Lipinski definition) is 2. The van der Waals surface area contributed by atoms with Crippen molar-refractivity contribution in [2.45, 2.75) is 6.42 Å². The fourth-order valence-corrected chi connectivity index (χ4v) is 1.99. The molecule has 4 nitrogen and oxygen atoms in total. The van der Waals surface area contributed by atoms with E-state index in [2.05, 4.69) is 0 Å². The number of para-hydroxylation sites is 1. The highest BCUT2D eigenvalue weighted by Crippen LogP contribution is 2.25. The van der Waals surface area contributed by atoms with Crippen molar-refractivity contribution < 1.29 is 19.3 Å². The Morgan fingerprint density at radius 1 is 1.41 bits per heavy atom. The third-order valence-electron chi connectivity index (χ3n) is 2.66. The third-order valence-corrected chi connectivity index (χ3v) is 2.66. The molecule has 86 valence electrons. The van der Waals surface area contributed by atoms with Crippen molar-refractivity contribution in [3.05, 3.63) is 42.0 Å². The Balaban J connectivity index is 2.43. The van der Waals surface area contributed by atoms with Crippen LogP contribution in [-0.4, -0.2) is 34.2 Å². The van der Waals surface area contributed by atoms with E-state index in [1.807, 2.05) is 24.3 Å². The maximum Gasteiger partial charge on any atom is 0.370 e. The number of benzene rings is 1. The Bertz CT molecular complexity index is 529. The first-order chi connectivity index (χ1) is 8.22. The number of hydrogen-bond donors (Lipinski definition) is 1. The number of rotatable bonds is 4. The van der Waals surface area contributed by atoms with Gasteiger partial charge in [0.25, 0.3) is 0 Å². The lowest BCUT2D eigenvalue weighted by molar-refractivity contribution is -0.427. The van der Waals surface area contributed by atoms with Gasteiger partial charge in [0.15, 0.2) is 5.71 Å². The Kier molecular flexibility index (Phi) is 3.14. The number of carboxylic acids is 1. The molecule has 0 saturated carbocycles. The SMILES string of the molecule is O=C/C=C/C1=[N+](CC(=O)O)c2ccccc2C1. The molecule has 0 unspecified atom stereocenters. The molecule has 0 radical (unpaired) electrons. The molecule has 0 saturated heterocycles. The van der Waals surface area contributed by atoms with Crippen molar-refractivity contribution in [1.29, 1.82) is 0 Å². The second-order valence-corrected chi connectivity index (χ2v) is 3.77. The summed E-state index contributed by atoms with van der Waals surface area (Å²) in [5.74, 6) is -0.890. The minimum Gasteiger partial charge on any atom is -0.477 e. The molecule has 0 bridgehead atoms. The van der Waals surface area contributed by atoms with E-state index in [-0.39, 0.29) is 6.54 Å². The first-order valence-corrected chi connectivity index (χ1v) is 5.27. The number of carbonyl (C=O) groups is 2. The van der Waals surface area contributed by atoms with Crippen LogP contribution in [0.15, 0.2) is 36.4 Å². The van der Waals surface area contributed by atoms with E-state index in [0.717, 1.165) is 17.0 Å². The van der Waals surface area contributed by atoms with Crippen molar-refractivity contribution in [3.8, 4) is 0 Å². The summed E-state index contributed by atoms with van der Waals surface area (Å²) in [7, 11) is 0. The molecular formula is C13H12NO3+. The summed E-state index contributed by atoms with van der Waals surface area (Å²) in [6.07, 6.45) is 4.40. The van der Waals surface area contributed by atoms with E-state index in [4.69, 9.17) is 5.11 Å². The third kappa shape index (κ3) is 2.30. The van der Waals surface area contributed by atoms with Crippen molar-refractivity contribution >= 4 is 23.7 Å². The van der Waals surface area contributed by atoms with Crippen LogP contribution in [0.2, 0.25) is 0 Å². The predicted molar refractivity (Wildman–Crippen MR) is 62.8 cm³/mol. The molecular weight excluding hydrogens is 218 g/mol. The quantitative estimate of drug-likeness (QED) is 0.480. The molecule has 4 heteroatoms. The summed E-state index contributed by atoms with van der Waals surface area (Å²) in [6, 6.07) is 7.65. The van der Waals surface area contributed by atoms with Gasteiger partial charge in [-0.25, -0.2) is 4.79 Å². The predicted octanol–water partition coefficient (Wildman–Crippen LogP) is 1.17. The number of allylic oxidation sites excluding steroid dienone is 2. The molecule has 0 fully saturated rings. The molecule has 1 aromatic carbocycles. The zero-order valence-corrected chi connectivity index (χ0v) is 9.17. The molecule has 1 heterocycles. The minimum atomic E-state index is -0.890. The Labute approximate surface area is 98.5 Å². The lowest BCUT2D eigenvalue weighted by Gasteiger charge is -1.97. The summed E-state index contributed by atoms with van der Waals surface area (Å²) >= 11 is 0. The standard InChI is InChI=1S/C13H11NO3/c15-7-3-5-11-8-10-4-1-2-6-12(10)14(11)9-13(16)17/h1-7H,8-9H2/p+1/b5-3+. The maximum atomic E-state index is 10.8. The molecule has 0 atom stereocenters. The molecule has 1 aliphatic rings. The van der Waals surface area contributed by atoms with Crippen LogP contribution in [-0.2, 0) is 16.0 Å². The maximum absolute atomic E-state index is 10.8. The molecule has 17 heavy (non-hydrogen) atoms. The molecule has 0 amide bonds. The number of aliphatic carboxylic acids is 1. The van der Waals surface area contributed by atoms with E-state index < -0.39 is 5.97 Å². The van der Waals surface area contributed by atoms with Gasteiger partial charge in [0.05, 0.1) is 6.42 Å². The monoisotopic (exact) mass is 230 g/mol. The van der Waals surface area contributed by atoms with Crippen molar-refractivity contribution in [3.63, 3.8) is 0 Å². The zero-order chi connectivity index (χ0) is 12.3. The van der Waals surface area contributed by atoms with E-state index >= 15 is 0 Å². The van der Waals surface area contributed by atoms with E-state index in [1.54, 1.807) is 10.7 Å². The summed E-state index contributed by atoms with van der Waals surface area (Å²) in [4.78, 5) is 21.2. The van der Waals surface area contributed by atoms with Crippen LogP contribution in [0.3, 0.4) is 0 Å². The highest BCUT2D eigenvalue weighted by Gasteiger charge is 2.29. The van der Waals surface area contributed by atoms with Gasteiger partial charge in [-0.1, -0.05) is 18.2 Å². The van der Waals surface area contributed by atoms with E-state index in [0.29, 0.717) is 12.7 Å². The molecule has 0 aromatic heterocycles. The highest BCUT2D eigenvalue weighted by molar-refractivity contribution is 5.98. The smallest absolute Gasteiger partial charge is 0.370 e. The van der Waals surface area contributed by atoms with Crippen molar-refractivity contribution in [2.75, 3.05) is 6.54 Å². The van der Waals surface area contributed by atoms with Crippen LogP contribution in [0.4, 0.5) is 5.69 Å². The average molecular weight is 230 g/mol. The van der Waals surface area contributed by atoms with Crippen LogP contribution < -0.4 is 0 Å². The largest absolute Gasteiger partial charge is 0.477 e. The summed E-state index contributed by atoms with van der Waals surface area (Å²) in [5, 5.41) is 8.89. The topological polar surface area (TPSA) is 57.4 Å². The average Bonchev–Trinajstić information content (AvgIpc) is 2.64. The Hall–Kier alpha value is -2.23. The van der Waals surface area contributed by atoms with Crippen LogP contribution in [0.25, 0.3) is 0 Å². The number of fused-ring (bicyclic) bond motifs is 1. The number of carboxylic acid groups (broad SMARTS) is 1. The summed E-state index contributed by atoms with van der Waals surface area (Å²) in [5.41, 5.74) is 2.82. The molecule has 1 N–H and O–H groups in total. The summed E-state index contributed by atoms with van der Waals surface area (Å²) < 4.78 is 1.72. The fraction of sp³-hybridized carbons (Fsp3) is 0.154. The molecule has 2 rings (SSSR count). The van der Waals surface area contributed by atoms with Gasteiger partial charge in [0, 0.05) is 17.7 Å². The normalized spacial score (nSPS) is 14.1. The van der Waals surface area contributed by atoms with Gasteiger partial charge in [0.2, 0.25) is 12.2 Å². The molecule has 0 aliphatic carbocycles. The molecule has 0 spiro atoms. The number of aldehydes is 1.